The Morgan fingerprint density at radius 3 is 2.61 bits per heavy atom. The maximum absolute atomic E-state index is 12.5. The van der Waals surface area contributed by atoms with Gasteiger partial charge in [0.05, 0.1) is 5.52 Å². The summed E-state index contributed by atoms with van der Waals surface area (Å²) in [5, 5.41) is 13.4. The van der Waals surface area contributed by atoms with E-state index in [0.29, 0.717) is 5.56 Å². The molecule has 1 aromatic carbocycles. The number of thiophene rings is 1. The average Bonchev–Trinajstić information content (AvgIpc) is 3.13. The van der Waals surface area contributed by atoms with Gasteiger partial charge in [0.1, 0.15) is 11.7 Å². The molecule has 1 unspecified atom stereocenters. The minimum Gasteiger partial charge on any atom is -0.443 e. The molecule has 120 valence electrons. The maximum Gasteiger partial charge on any atom is 0.419 e. The summed E-state index contributed by atoms with van der Waals surface area (Å²) < 4.78 is 6.93. The van der Waals surface area contributed by atoms with E-state index in [-0.39, 0.29) is 0 Å². The van der Waals surface area contributed by atoms with Crippen molar-refractivity contribution < 1.29 is 14.6 Å². The van der Waals surface area contributed by atoms with E-state index in [9.17, 15) is 9.90 Å². The van der Waals surface area contributed by atoms with Crippen LogP contribution in [-0.4, -0.2) is 21.4 Å². The molecule has 0 aliphatic carbocycles. The van der Waals surface area contributed by atoms with Crippen LogP contribution in [-0.2, 0) is 4.74 Å². The van der Waals surface area contributed by atoms with Crippen LogP contribution in [0.15, 0.2) is 48.0 Å². The van der Waals surface area contributed by atoms with Gasteiger partial charge in [-0.15, -0.1) is 11.3 Å². The lowest BCUT2D eigenvalue weighted by Gasteiger charge is -2.19. The van der Waals surface area contributed by atoms with E-state index in [4.69, 9.17) is 4.74 Å². The van der Waals surface area contributed by atoms with Crippen LogP contribution in [0, 0.1) is 0 Å². The predicted molar refractivity (Wildman–Crippen MR) is 92.0 cm³/mol. The minimum atomic E-state index is -0.761. The van der Waals surface area contributed by atoms with Gasteiger partial charge in [-0.05, 0) is 38.3 Å². The van der Waals surface area contributed by atoms with Gasteiger partial charge in [0.25, 0.3) is 0 Å². The maximum atomic E-state index is 12.5. The van der Waals surface area contributed by atoms with Crippen molar-refractivity contribution in [3.63, 3.8) is 0 Å². The van der Waals surface area contributed by atoms with Crippen molar-refractivity contribution in [1.29, 1.82) is 0 Å². The van der Waals surface area contributed by atoms with Gasteiger partial charge in [-0.3, -0.25) is 4.57 Å². The number of hydrogen-bond acceptors (Lipinski definition) is 4. The number of ether oxygens (including phenoxy) is 1. The zero-order chi connectivity index (χ0) is 16.6. The van der Waals surface area contributed by atoms with Gasteiger partial charge in [-0.25, -0.2) is 4.79 Å². The lowest BCUT2D eigenvalue weighted by atomic mass is 10.1. The molecule has 2 heterocycles. The number of benzene rings is 1. The van der Waals surface area contributed by atoms with Crippen molar-refractivity contribution in [2.24, 2.45) is 0 Å². The van der Waals surface area contributed by atoms with Crippen LogP contribution in [0.25, 0.3) is 10.9 Å². The van der Waals surface area contributed by atoms with Crippen LogP contribution in [0.3, 0.4) is 0 Å². The summed E-state index contributed by atoms with van der Waals surface area (Å²) in [7, 11) is 0. The molecule has 5 heteroatoms. The smallest absolute Gasteiger partial charge is 0.419 e. The first kappa shape index (κ1) is 15.8. The molecule has 0 saturated heterocycles. The van der Waals surface area contributed by atoms with E-state index in [1.54, 1.807) is 6.20 Å². The highest BCUT2D eigenvalue weighted by atomic mass is 32.1. The van der Waals surface area contributed by atoms with Crippen LogP contribution in [0.2, 0.25) is 0 Å². The third-order valence-electron chi connectivity index (χ3n) is 3.44. The lowest BCUT2D eigenvalue weighted by Crippen LogP contribution is -2.26. The molecule has 0 bridgehead atoms. The molecule has 1 atom stereocenters. The van der Waals surface area contributed by atoms with Crippen molar-refractivity contribution in [3.8, 4) is 0 Å². The second-order valence-corrected chi connectivity index (χ2v) is 7.35. The highest BCUT2D eigenvalue weighted by Crippen LogP contribution is 2.32. The van der Waals surface area contributed by atoms with Gasteiger partial charge in [-0.1, -0.05) is 24.3 Å². The molecular formula is C18H19NO3S. The fraction of sp³-hybridized carbons (Fsp3) is 0.278. The highest BCUT2D eigenvalue weighted by molar-refractivity contribution is 7.10. The number of para-hydroxylation sites is 1. The Labute approximate surface area is 138 Å². The molecule has 0 radical (unpaired) electrons. The van der Waals surface area contributed by atoms with Crippen molar-refractivity contribution in [2.75, 3.05) is 0 Å². The van der Waals surface area contributed by atoms with Gasteiger partial charge in [0, 0.05) is 22.0 Å². The van der Waals surface area contributed by atoms with Gasteiger partial charge < -0.3 is 9.84 Å². The SMILES string of the molecule is CC(C)(C)OC(=O)n1cc(C(O)c2cccs2)c2ccccc21. The Morgan fingerprint density at radius 1 is 1.22 bits per heavy atom. The standard InChI is InChI=1S/C18H19NO3S/c1-18(2,3)22-17(21)19-11-13(12-7-4-5-8-14(12)19)16(20)15-9-6-10-23-15/h4-11,16,20H,1-3H3. The normalized spacial score (nSPS) is 13.2. The van der Waals surface area contributed by atoms with Crippen molar-refractivity contribution in [3.05, 3.63) is 58.4 Å². The van der Waals surface area contributed by atoms with E-state index < -0.39 is 17.8 Å². The Balaban J connectivity index is 2.09. The molecule has 0 aliphatic heterocycles. The summed E-state index contributed by atoms with van der Waals surface area (Å²) in [6.45, 7) is 5.49. The first-order valence-electron chi connectivity index (χ1n) is 7.41. The molecule has 0 fully saturated rings. The van der Waals surface area contributed by atoms with Crippen molar-refractivity contribution in [1.82, 2.24) is 4.57 Å². The largest absolute Gasteiger partial charge is 0.443 e. The quantitative estimate of drug-likeness (QED) is 0.749. The van der Waals surface area contributed by atoms with E-state index in [2.05, 4.69) is 0 Å². The predicted octanol–water partition coefficient (Wildman–Crippen LogP) is 4.57. The number of aromatic nitrogens is 1. The van der Waals surface area contributed by atoms with Gasteiger partial charge in [-0.2, -0.15) is 0 Å². The molecule has 1 N–H and O–H groups in total. The number of nitrogens with zero attached hydrogens (tertiary/aromatic N) is 1. The van der Waals surface area contributed by atoms with Gasteiger partial charge in [0.2, 0.25) is 0 Å². The first-order valence-corrected chi connectivity index (χ1v) is 8.29. The van der Waals surface area contributed by atoms with Crippen molar-refractivity contribution >= 4 is 28.3 Å². The molecule has 23 heavy (non-hydrogen) atoms. The summed E-state index contributed by atoms with van der Waals surface area (Å²) >= 11 is 1.49. The molecule has 0 saturated carbocycles. The lowest BCUT2D eigenvalue weighted by molar-refractivity contribution is 0.0544. The zero-order valence-corrected chi connectivity index (χ0v) is 14.1. The molecular weight excluding hydrogens is 310 g/mol. The van der Waals surface area contributed by atoms with Gasteiger partial charge >= 0.3 is 6.09 Å². The van der Waals surface area contributed by atoms with Crippen LogP contribution in [0.5, 0.6) is 0 Å². The van der Waals surface area contributed by atoms with Crippen LogP contribution >= 0.6 is 11.3 Å². The zero-order valence-electron chi connectivity index (χ0n) is 13.3. The fourth-order valence-electron chi connectivity index (χ4n) is 2.49. The Morgan fingerprint density at radius 2 is 1.96 bits per heavy atom. The second kappa shape index (κ2) is 5.83. The summed E-state index contributed by atoms with van der Waals surface area (Å²) in [4.78, 5) is 13.3. The number of aliphatic hydroxyl groups is 1. The van der Waals surface area contributed by atoms with Crippen LogP contribution < -0.4 is 0 Å². The third-order valence-corrected chi connectivity index (χ3v) is 4.36. The topological polar surface area (TPSA) is 51.5 Å². The monoisotopic (exact) mass is 329 g/mol. The van der Waals surface area contributed by atoms with Crippen LogP contribution in [0.1, 0.15) is 37.3 Å². The van der Waals surface area contributed by atoms with E-state index in [1.165, 1.54) is 15.9 Å². The number of carbonyl (C=O) groups excluding carboxylic acids is 1. The molecule has 3 rings (SSSR count). The Hall–Kier alpha value is -2.11. The summed E-state index contributed by atoms with van der Waals surface area (Å²) in [6.07, 6.45) is 0.463. The number of hydrogen-bond donors (Lipinski definition) is 1. The number of carbonyl (C=O) groups is 1. The number of rotatable bonds is 2. The van der Waals surface area contributed by atoms with Gasteiger partial charge in [0.15, 0.2) is 0 Å². The molecule has 0 aliphatic rings. The number of fused-ring (bicyclic) bond motifs is 1. The van der Waals surface area contributed by atoms with E-state index >= 15 is 0 Å². The molecule has 2 aromatic heterocycles. The fourth-order valence-corrected chi connectivity index (χ4v) is 3.21. The highest BCUT2D eigenvalue weighted by Gasteiger charge is 2.23. The third kappa shape index (κ3) is 3.16. The number of aliphatic hydroxyl groups excluding tert-OH is 1. The Kier molecular flexibility index (Phi) is 4.00. The molecule has 0 amide bonds. The second-order valence-electron chi connectivity index (χ2n) is 6.37. The molecule has 0 spiro atoms. The molecule has 4 nitrogen and oxygen atoms in total. The van der Waals surface area contributed by atoms with E-state index in [1.807, 2.05) is 62.5 Å². The van der Waals surface area contributed by atoms with Crippen LogP contribution in [0.4, 0.5) is 4.79 Å². The van der Waals surface area contributed by atoms with E-state index in [0.717, 1.165) is 15.8 Å². The average molecular weight is 329 g/mol. The first-order chi connectivity index (χ1) is 10.9. The summed E-state index contributed by atoms with van der Waals surface area (Å²) in [5.74, 6) is 0. The minimum absolute atomic E-state index is 0.446. The van der Waals surface area contributed by atoms with Crippen molar-refractivity contribution in [2.45, 2.75) is 32.5 Å². The Bertz CT molecular complexity index is 828. The summed E-state index contributed by atoms with van der Waals surface area (Å²) in [6, 6.07) is 11.3. The summed E-state index contributed by atoms with van der Waals surface area (Å²) in [5.41, 5.74) is 0.857. The molecule has 3 aromatic rings.